The summed E-state index contributed by atoms with van der Waals surface area (Å²) < 4.78 is 22.9. The number of anilines is 1. The largest absolute Gasteiger partial charge is 0.347 e. The summed E-state index contributed by atoms with van der Waals surface area (Å²) >= 11 is 5.95. The number of nitrogens with one attached hydrogen (secondary N) is 3. The smallest absolute Gasteiger partial charge is 0.279 e. The quantitative estimate of drug-likeness (QED) is 0.588. The topological polar surface area (TPSA) is 96.8 Å². The Balaban J connectivity index is 1.85. The standard InChI is InChI=1S/C17H24ClN3O4S/c1-3-21(9-16(22)19-14-6-7-26(24,25)11-14)10-17(23)20-15-8-13(18)5-4-12(15)2/h4-5,8,14H,3,6-7,9-11H2,1-2H3,(H,19,22)(H,20,23)/p+1/t14-/m0/s1. The van der Waals surface area contributed by atoms with Crippen LogP contribution in [0.25, 0.3) is 0 Å². The minimum Gasteiger partial charge on any atom is -0.347 e. The van der Waals surface area contributed by atoms with Gasteiger partial charge in [-0.15, -0.1) is 0 Å². The van der Waals surface area contributed by atoms with Gasteiger partial charge in [-0.05, 0) is 38.0 Å². The molecule has 0 aliphatic carbocycles. The van der Waals surface area contributed by atoms with Crippen molar-refractivity contribution in [3.63, 3.8) is 0 Å². The monoisotopic (exact) mass is 402 g/mol. The number of carbonyl (C=O) groups excluding carboxylic acids is 2. The van der Waals surface area contributed by atoms with E-state index in [1.165, 1.54) is 0 Å². The van der Waals surface area contributed by atoms with E-state index in [-0.39, 0.29) is 42.5 Å². The van der Waals surface area contributed by atoms with Crippen molar-refractivity contribution in [3.05, 3.63) is 28.8 Å². The van der Waals surface area contributed by atoms with E-state index in [4.69, 9.17) is 11.6 Å². The molecular formula is C17H25ClN3O4S+. The lowest BCUT2D eigenvalue weighted by molar-refractivity contribution is -0.881. The summed E-state index contributed by atoms with van der Waals surface area (Å²) in [6, 6.07) is 4.94. The lowest BCUT2D eigenvalue weighted by atomic mass is 10.2. The first-order valence-electron chi connectivity index (χ1n) is 8.58. The van der Waals surface area contributed by atoms with Gasteiger partial charge in [0.25, 0.3) is 11.8 Å². The number of halogens is 1. The lowest BCUT2D eigenvalue weighted by Crippen LogP contribution is -3.14. The van der Waals surface area contributed by atoms with Gasteiger partial charge in [-0.3, -0.25) is 9.59 Å². The molecule has 2 atom stereocenters. The normalized spacial score (nSPS) is 19.7. The van der Waals surface area contributed by atoms with Gasteiger partial charge in [0.2, 0.25) is 0 Å². The van der Waals surface area contributed by atoms with Crippen LogP contribution in [0, 0.1) is 6.92 Å². The number of quaternary nitrogens is 1. The van der Waals surface area contributed by atoms with Crippen LogP contribution in [0.15, 0.2) is 18.2 Å². The van der Waals surface area contributed by atoms with E-state index in [2.05, 4.69) is 10.6 Å². The van der Waals surface area contributed by atoms with Crippen molar-refractivity contribution in [2.75, 3.05) is 36.5 Å². The fraction of sp³-hybridized carbons (Fsp3) is 0.529. The van der Waals surface area contributed by atoms with Crippen LogP contribution in [-0.4, -0.2) is 57.4 Å². The molecule has 1 fully saturated rings. The number of likely N-dealkylation sites (N-methyl/N-ethyl adjacent to an activating group) is 1. The Kier molecular flexibility index (Phi) is 7.02. The van der Waals surface area contributed by atoms with Crippen molar-refractivity contribution >= 4 is 38.9 Å². The van der Waals surface area contributed by atoms with Crippen LogP contribution >= 0.6 is 11.6 Å². The first-order valence-corrected chi connectivity index (χ1v) is 10.8. The van der Waals surface area contributed by atoms with Gasteiger partial charge in [-0.1, -0.05) is 17.7 Å². The van der Waals surface area contributed by atoms with Crippen molar-refractivity contribution < 1.29 is 22.9 Å². The summed E-state index contributed by atoms with van der Waals surface area (Å²) in [5.74, 6) is -0.336. The van der Waals surface area contributed by atoms with Gasteiger partial charge in [0, 0.05) is 16.8 Å². The Morgan fingerprint density at radius 1 is 1.27 bits per heavy atom. The third kappa shape index (κ3) is 6.26. The Labute approximate surface area is 159 Å². The Morgan fingerprint density at radius 3 is 2.58 bits per heavy atom. The molecule has 1 unspecified atom stereocenters. The lowest BCUT2D eigenvalue weighted by Gasteiger charge is -2.18. The van der Waals surface area contributed by atoms with E-state index < -0.39 is 9.84 Å². The molecule has 3 N–H and O–H groups in total. The van der Waals surface area contributed by atoms with Crippen LogP contribution < -0.4 is 15.5 Å². The van der Waals surface area contributed by atoms with Gasteiger partial charge in [-0.2, -0.15) is 0 Å². The van der Waals surface area contributed by atoms with Crippen molar-refractivity contribution in [2.45, 2.75) is 26.3 Å². The molecule has 1 saturated heterocycles. The summed E-state index contributed by atoms with van der Waals surface area (Å²) in [6.07, 6.45) is 0.448. The number of sulfone groups is 1. The molecule has 0 saturated carbocycles. The van der Waals surface area contributed by atoms with E-state index in [1.54, 1.807) is 12.1 Å². The van der Waals surface area contributed by atoms with E-state index in [1.807, 2.05) is 19.9 Å². The molecule has 7 nitrogen and oxygen atoms in total. The molecule has 2 rings (SSSR count). The molecule has 144 valence electrons. The summed E-state index contributed by atoms with van der Waals surface area (Å²) in [5, 5.41) is 6.11. The molecule has 9 heteroatoms. The predicted molar refractivity (Wildman–Crippen MR) is 101 cm³/mol. The molecule has 2 amide bonds. The molecular weight excluding hydrogens is 378 g/mol. The average Bonchev–Trinajstić information content (AvgIpc) is 2.88. The first-order chi connectivity index (χ1) is 12.2. The Hall–Kier alpha value is -1.64. The van der Waals surface area contributed by atoms with Crippen LogP contribution in [0.3, 0.4) is 0 Å². The van der Waals surface area contributed by atoms with Gasteiger partial charge in [-0.25, -0.2) is 8.42 Å². The average molecular weight is 403 g/mol. The van der Waals surface area contributed by atoms with Crippen LogP contribution in [-0.2, 0) is 19.4 Å². The second-order valence-corrected chi connectivity index (χ2v) is 9.30. The Bertz CT molecular complexity index is 782. The van der Waals surface area contributed by atoms with E-state index in [0.29, 0.717) is 23.7 Å². The molecule has 1 aromatic carbocycles. The second-order valence-electron chi connectivity index (χ2n) is 6.63. The maximum Gasteiger partial charge on any atom is 0.279 e. The molecule has 1 aromatic rings. The third-order valence-corrected chi connectivity index (χ3v) is 6.40. The number of benzene rings is 1. The first kappa shape index (κ1) is 20.7. The van der Waals surface area contributed by atoms with Gasteiger partial charge < -0.3 is 15.5 Å². The molecule has 1 heterocycles. The number of hydrogen-bond donors (Lipinski definition) is 3. The molecule has 1 aliphatic rings. The third-order valence-electron chi connectivity index (χ3n) is 4.39. The van der Waals surface area contributed by atoms with Crippen LogP contribution in [0.1, 0.15) is 18.9 Å². The zero-order valence-corrected chi connectivity index (χ0v) is 16.5. The number of aryl methyl sites for hydroxylation is 1. The molecule has 0 bridgehead atoms. The van der Waals surface area contributed by atoms with Gasteiger partial charge in [0.15, 0.2) is 22.9 Å². The van der Waals surface area contributed by atoms with E-state index in [9.17, 15) is 18.0 Å². The highest BCUT2D eigenvalue weighted by Crippen LogP contribution is 2.19. The summed E-state index contributed by atoms with van der Waals surface area (Å²) in [6.45, 7) is 4.62. The molecule has 0 radical (unpaired) electrons. The number of rotatable bonds is 7. The Morgan fingerprint density at radius 2 is 1.96 bits per heavy atom. The SMILES string of the molecule is CC[NH+](CC(=O)Nc1cc(Cl)ccc1C)CC(=O)N[C@H]1CCS(=O)(=O)C1. The fourth-order valence-corrected chi connectivity index (χ4v) is 4.72. The highest BCUT2D eigenvalue weighted by molar-refractivity contribution is 7.91. The summed E-state index contributed by atoms with van der Waals surface area (Å²) in [4.78, 5) is 25.2. The molecule has 26 heavy (non-hydrogen) atoms. The predicted octanol–water partition coefficient (Wildman–Crippen LogP) is -0.205. The van der Waals surface area contributed by atoms with Gasteiger partial charge in [0.05, 0.1) is 18.1 Å². The maximum absolute atomic E-state index is 12.3. The van der Waals surface area contributed by atoms with Crippen molar-refractivity contribution in [3.8, 4) is 0 Å². The number of hydrogen-bond acceptors (Lipinski definition) is 4. The second kappa shape index (κ2) is 8.83. The van der Waals surface area contributed by atoms with Gasteiger partial charge >= 0.3 is 0 Å². The van der Waals surface area contributed by atoms with Crippen LogP contribution in [0.2, 0.25) is 5.02 Å². The van der Waals surface area contributed by atoms with Gasteiger partial charge in [0.1, 0.15) is 0 Å². The molecule has 0 aromatic heterocycles. The summed E-state index contributed by atoms with van der Waals surface area (Å²) in [5.41, 5.74) is 1.56. The van der Waals surface area contributed by atoms with E-state index in [0.717, 1.165) is 10.5 Å². The number of carbonyl (C=O) groups is 2. The molecule has 0 spiro atoms. The zero-order chi connectivity index (χ0) is 19.3. The van der Waals surface area contributed by atoms with Crippen molar-refractivity contribution in [1.82, 2.24) is 5.32 Å². The van der Waals surface area contributed by atoms with Crippen molar-refractivity contribution in [2.24, 2.45) is 0 Å². The highest BCUT2D eigenvalue weighted by Gasteiger charge is 2.29. The fourth-order valence-electron chi connectivity index (χ4n) is 2.88. The highest BCUT2D eigenvalue weighted by atomic mass is 35.5. The summed E-state index contributed by atoms with van der Waals surface area (Å²) in [7, 11) is -3.03. The number of amides is 2. The van der Waals surface area contributed by atoms with Crippen LogP contribution in [0.4, 0.5) is 5.69 Å². The molecule has 1 aliphatic heterocycles. The maximum atomic E-state index is 12.3. The minimum atomic E-state index is -3.03. The minimum absolute atomic E-state index is 0.00523. The zero-order valence-electron chi connectivity index (χ0n) is 15.0. The van der Waals surface area contributed by atoms with Crippen LogP contribution in [0.5, 0.6) is 0 Å². The van der Waals surface area contributed by atoms with E-state index >= 15 is 0 Å². The van der Waals surface area contributed by atoms with Crippen molar-refractivity contribution in [1.29, 1.82) is 0 Å².